The smallest absolute Gasteiger partial charge is 0.135 e. The minimum absolute atomic E-state index is 0.129. The van der Waals surface area contributed by atoms with Gasteiger partial charge < -0.3 is 13.9 Å². The second-order valence-electron chi connectivity index (χ2n) is 17.5. The molecular formula is C63H56N2O. The Hall–Kier alpha value is -7.62. The van der Waals surface area contributed by atoms with Crippen LogP contribution in [-0.2, 0) is 5.41 Å². The van der Waals surface area contributed by atoms with Crippen molar-refractivity contribution < 1.29 is 4.42 Å². The van der Waals surface area contributed by atoms with Gasteiger partial charge in [-0.1, -0.05) is 156 Å². The SMILES string of the molecule is C=Cc1oc2ccc(N(c3ccc(-c4ccc(-n5c6ccc7ccccc7c6c6c7ccccc7ccc65)cc4)cc3)c3ccc4c(c3)C(C)(C)C(=C/C)/C4=C\CC)cc2c1/C=C\C.CC. The Morgan fingerprint density at radius 3 is 1.80 bits per heavy atom. The van der Waals surface area contributed by atoms with Crippen molar-refractivity contribution in [1.82, 2.24) is 4.57 Å². The van der Waals surface area contributed by atoms with Gasteiger partial charge in [-0.25, -0.2) is 0 Å². The van der Waals surface area contributed by atoms with Crippen LogP contribution in [0.25, 0.3) is 88.9 Å². The second kappa shape index (κ2) is 17.1. The number of nitrogens with zero attached hydrogens (tertiary/aromatic N) is 2. The number of hydrogen-bond acceptors (Lipinski definition) is 2. The third kappa shape index (κ3) is 6.72. The summed E-state index contributed by atoms with van der Waals surface area (Å²) in [6.45, 7) is 19.2. The van der Waals surface area contributed by atoms with E-state index in [9.17, 15) is 0 Å². The van der Waals surface area contributed by atoms with E-state index in [1.165, 1.54) is 71.2 Å². The fraction of sp³-hybridized carbons (Fsp3) is 0.143. The lowest BCUT2D eigenvalue weighted by Gasteiger charge is -2.28. The minimum atomic E-state index is -0.129. The second-order valence-corrected chi connectivity index (χ2v) is 17.5. The number of rotatable bonds is 8. The molecule has 0 saturated heterocycles. The lowest BCUT2D eigenvalue weighted by molar-refractivity contribution is 0.603. The van der Waals surface area contributed by atoms with E-state index in [0.29, 0.717) is 0 Å². The summed E-state index contributed by atoms with van der Waals surface area (Å²) in [6.07, 6.45) is 11.6. The molecule has 66 heavy (non-hydrogen) atoms. The molecule has 0 unspecified atom stereocenters. The summed E-state index contributed by atoms with van der Waals surface area (Å²) >= 11 is 0. The monoisotopic (exact) mass is 856 g/mol. The largest absolute Gasteiger partial charge is 0.456 e. The summed E-state index contributed by atoms with van der Waals surface area (Å²) < 4.78 is 8.70. The molecule has 2 aromatic heterocycles. The zero-order chi connectivity index (χ0) is 45.7. The molecule has 2 heterocycles. The maximum atomic E-state index is 6.26. The van der Waals surface area contributed by atoms with Crippen molar-refractivity contribution in [3.05, 3.63) is 211 Å². The van der Waals surface area contributed by atoms with E-state index in [-0.39, 0.29) is 5.41 Å². The number of furan rings is 1. The maximum absolute atomic E-state index is 6.26. The van der Waals surface area contributed by atoms with Gasteiger partial charge in [0.1, 0.15) is 11.3 Å². The van der Waals surface area contributed by atoms with Gasteiger partial charge in [0.15, 0.2) is 0 Å². The lowest BCUT2D eigenvalue weighted by Crippen LogP contribution is -2.16. The van der Waals surface area contributed by atoms with Gasteiger partial charge in [-0.3, -0.25) is 0 Å². The average Bonchev–Trinajstić information content (AvgIpc) is 3.97. The van der Waals surface area contributed by atoms with Crippen LogP contribution >= 0.6 is 0 Å². The van der Waals surface area contributed by atoms with Crippen molar-refractivity contribution in [2.45, 2.75) is 60.3 Å². The minimum Gasteiger partial charge on any atom is -0.456 e. The summed E-state index contributed by atoms with van der Waals surface area (Å²) in [5.74, 6) is 0.778. The predicted octanol–water partition coefficient (Wildman–Crippen LogP) is 18.7. The first-order chi connectivity index (χ1) is 32.3. The predicted molar refractivity (Wildman–Crippen MR) is 287 cm³/mol. The van der Waals surface area contributed by atoms with Crippen LogP contribution in [-0.4, -0.2) is 4.57 Å². The first-order valence-corrected chi connectivity index (χ1v) is 23.5. The van der Waals surface area contributed by atoms with Gasteiger partial charge >= 0.3 is 0 Å². The van der Waals surface area contributed by atoms with Crippen LogP contribution in [0.4, 0.5) is 17.1 Å². The number of anilines is 3. The molecule has 0 aliphatic heterocycles. The fourth-order valence-corrected chi connectivity index (χ4v) is 10.6. The van der Waals surface area contributed by atoms with E-state index >= 15 is 0 Å². The van der Waals surface area contributed by atoms with Crippen LogP contribution in [0.15, 0.2) is 193 Å². The first kappa shape index (κ1) is 42.3. The summed E-state index contributed by atoms with van der Waals surface area (Å²) in [4.78, 5) is 2.38. The van der Waals surface area contributed by atoms with Gasteiger partial charge in [0.25, 0.3) is 0 Å². The Bertz CT molecular complexity index is 3490. The van der Waals surface area contributed by atoms with Crippen LogP contribution in [0.5, 0.6) is 0 Å². The molecule has 3 heteroatoms. The Morgan fingerprint density at radius 1 is 0.636 bits per heavy atom. The molecule has 3 nitrogen and oxygen atoms in total. The van der Waals surface area contributed by atoms with Gasteiger partial charge in [0.05, 0.1) is 11.0 Å². The molecular weight excluding hydrogens is 801 g/mol. The van der Waals surface area contributed by atoms with E-state index in [2.05, 4.69) is 226 Å². The number of allylic oxidation sites excluding steroid dienone is 5. The normalized spacial score (nSPS) is 14.5. The molecule has 0 amide bonds. The Morgan fingerprint density at radius 2 is 1.21 bits per heavy atom. The molecule has 0 N–H and O–H groups in total. The molecule has 0 bridgehead atoms. The van der Waals surface area contributed by atoms with Gasteiger partial charge in [-0.05, 0) is 148 Å². The number of fused-ring (bicyclic) bond motifs is 9. The van der Waals surface area contributed by atoms with E-state index in [1.807, 2.05) is 20.8 Å². The molecule has 0 fully saturated rings. The van der Waals surface area contributed by atoms with E-state index in [1.54, 1.807) is 6.08 Å². The summed E-state index contributed by atoms with van der Waals surface area (Å²) in [5.41, 5.74) is 16.3. The van der Waals surface area contributed by atoms with Crippen LogP contribution in [0.3, 0.4) is 0 Å². The van der Waals surface area contributed by atoms with Crippen molar-refractivity contribution in [3.63, 3.8) is 0 Å². The number of hydrogen-bond donors (Lipinski definition) is 0. The zero-order valence-corrected chi connectivity index (χ0v) is 39.1. The van der Waals surface area contributed by atoms with Crippen molar-refractivity contribution in [3.8, 4) is 16.8 Å². The van der Waals surface area contributed by atoms with Gasteiger partial charge in [-0.15, -0.1) is 0 Å². The van der Waals surface area contributed by atoms with Gasteiger partial charge in [0.2, 0.25) is 0 Å². The van der Waals surface area contributed by atoms with E-state index in [4.69, 9.17) is 4.42 Å². The fourth-order valence-electron chi connectivity index (χ4n) is 10.6. The average molecular weight is 857 g/mol. The standard InChI is InChI=1S/C61H50N2O.C2H6/c1-7-15-49-50-33-31-46(38-54(50)61(5,6)53(49)9-3)62(45-32-36-58-52(37-45)51(16-8-2)57(10-4)64-58)43-27-21-39(22-28-43)40-23-29-44(30-24-40)63-55-34-25-41-17-11-13-19-47(41)59(55)60-48-20-14-12-18-42(48)26-35-56(60)63;1-2/h8-38H,4,7H2,1-3,5-6H3;1-2H3/b16-8-,49-15-,53-9+;. The highest BCUT2D eigenvalue weighted by Crippen LogP contribution is 2.52. The molecule has 10 aromatic rings. The zero-order valence-electron chi connectivity index (χ0n) is 39.1. The van der Waals surface area contributed by atoms with Gasteiger partial charge in [0, 0.05) is 49.9 Å². The van der Waals surface area contributed by atoms with E-state index in [0.717, 1.165) is 57.0 Å². The van der Waals surface area contributed by atoms with Crippen molar-refractivity contribution in [2.24, 2.45) is 0 Å². The summed E-state index contributed by atoms with van der Waals surface area (Å²) in [6, 6.07) is 58.2. The molecule has 1 aliphatic carbocycles. The van der Waals surface area contributed by atoms with Crippen LogP contribution in [0.1, 0.15) is 77.3 Å². The number of benzene rings is 8. The first-order valence-electron chi connectivity index (χ1n) is 23.5. The third-order valence-electron chi connectivity index (χ3n) is 13.5. The van der Waals surface area contributed by atoms with Crippen molar-refractivity contribution >= 4 is 89.1 Å². The highest BCUT2D eigenvalue weighted by atomic mass is 16.3. The Kier molecular flexibility index (Phi) is 10.9. The van der Waals surface area contributed by atoms with Crippen molar-refractivity contribution in [1.29, 1.82) is 0 Å². The third-order valence-corrected chi connectivity index (χ3v) is 13.5. The topological polar surface area (TPSA) is 21.3 Å². The number of aromatic nitrogens is 1. The molecule has 8 aromatic carbocycles. The molecule has 0 atom stereocenters. The van der Waals surface area contributed by atoms with Crippen LogP contribution < -0.4 is 4.90 Å². The van der Waals surface area contributed by atoms with Gasteiger partial charge in [-0.2, -0.15) is 0 Å². The van der Waals surface area contributed by atoms with Crippen LogP contribution in [0.2, 0.25) is 0 Å². The van der Waals surface area contributed by atoms with E-state index < -0.39 is 0 Å². The molecule has 1 aliphatic rings. The maximum Gasteiger partial charge on any atom is 0.135 e. The quantitative estimate of drug-likeness (QED) is 0.152. The molecule has 0 saturated carbocycles. The Labute approximate surface area is 388 Å². The molecule has 11 rings (SSSR count). The molecule has 0 spiro atoms. The molecule has 324 valence electrons. The Balaban J connectivity index is 0.00000252. The van der Waals surface area contributed by atoms with Crippen LogP contribution in [0, 0.1) is 0 Å². The van der Waals surface area contributed by atoms with Crippen molar-refractivity contribution in [2.75, 3.05) is 4.90 Å². The highest BCUT2D eigenvalue weighted by Gasteiger charge is 2.38. The highest BCUT2D eigenvalue weighted by molar-refractivity contribution is 6.28. The molecule has 0 radical (unpaired) electrons. The summed E-state index contributed by atoms with van der Waals surface area (Å²) in [5, 5.41) is 8.71. The summed E-state index contributed by atoms with van der Waals surface area (Å²) in [7, 11) is 0. The lowest BCUT2D eigenvalue weighted by atomic mass is 9.82.